The SMILES string of the molecule is Nc1cccc(SCc2nnc(-c3ccccc3Br)o2)c1. The average molecular weight is 362 g/mol. The Morgan fingerprint density at radius 3 is 2.76 bits per heavy atom. The van der Waals surface area contributed by atoms with Gasteiger partial charge >= 0.3 is 0 Å². The van der Waals surface area contributed by atoms with Crippen molar-refractivity contribution in [3.63, 3.8) is 0 Å². The first-order chi connectivity index (χ1) is 10.2. The predicted molar refractivity (Wildman–Crippen MR) is 87.8 cm³/mol. The largest absolute Gasteiger partial charge is 0.420 e. The topological polar surface area (TPSA) is 64.9 Å². The van der Waals surface area contributed by atoms with Crippen LogP contribution in [0.5, 0.6) is 0 Å². The lowest BCUT2D eigenvalue weighted by Crippen LogP contribution is -1.84. The number of halogens is 1. The molecule has 106 valence electrons. The van der Waals surface area contributed by atoms with E-state index in [0.29, 0.717) is 17.5 Å². The molecular formula is C15H12BrN3OS. The summed E-state index contributed by atoms with van der Waals surface area (Å²) in [5, 5.41) is 8.17. The molecule has 2 aromatic carbocycles. The van der Waals surface area contributed by atoms with E-state index in [4.69, 9.17) is 10.2 Å². The third-order valence-electron chi connectivity index (χ3n) is 2.79. The Kier molecular flexibility index (Phi) is 4.26. The van der Waals surface area contributed by atoms with E-state index in [1.807, 2.05) is 48.5 Å². The molecule has 21 heavy (non-hydrogen) atoms. The molecule has 3 rings (SSSR count). The molecule has 0 fully saturated rings. The third kappa shape index (κ3) is 3.46. The van der Waals surface area contributed by atoms with Crippen LogP contribution in [0.2, 0.25) is 0 Å². The molecule has 0 unspecified atom stereocenters. The van der Waals surface area contributed by atoms with Crippen LogP contribution >= 0.6 is 27.7 Å². The Labute approximate surface area is 134 Å². The van der Waals surface area contributed by atoms with Gasteiger partial charge in [0.2, 0.25) is 11.8 Å². The highest BCUT2D eigenvalue weighted by atomic mass is 79.9. The minimum absolute atomic E-state index is 0.519. The van der Waals surface area contributed by atoms with Crippen molar-refractivity contribution < 1.29 is 4.42 Å². The maximum atomic E-state index is 5.75. The van der Waals surface area contributed by atoms with Crippen molar-refractivity contribution in [1.82, 2.24) is 10.2 Å². The van der Waals surface area contributed by atoms with Gasteiger partial charge in [0.15, 0.2) is 0 Å². The lowest BCUT2D eigenvalue weighted by atomic mass is 10.2. The Morgan fingerprint density at radius 1 is 1.10 bits per heavy atom. The molecule has 1 aromatic heterocycles. The number of rotatable bonds is 4. The van der Waals surface area contributed by atoms with E-state index < -0.39 is 0 Å². The van der Waals surface area contributed by atoms with Gasteiger partial charge in [0, 0.05) is 15.1 Å². The summed E-state index contributed by atoms with van der Waals surface area (Å²) >= 11 is 5.09. The van der Waals surface area contributed by atoms with Gasteiger partial charge in [-0.1, -0.05) is 18.2 Å². The molecule has 0 radical (unpaired) electrons. The summed E-state index contributed by atoms with van der Waals surface area (Å²) in [7, 11) is 0. The van der Waals surface area contributed by atoms with Crippen molar-refractivity contribution in [2.24, 2.45) is 0 Å². The van der Waals surface area contributed by atoms with E-state index >= 15 is 0 Å². The lowest BCUT2D eigenvalue weighted by Gasteiger charge is -2.00. The highest BCUT2D eigenvalue weighted by Crippen LogP contribution is 2.29. The van der Waals surface area contributed by atoms with Gasteiger partial charge in [-0.25, -0.2) is 0 Å². The molecule has 0 bridgehead atoms. The molecule has 0 aliphatic heterocycles. The molecule has 2 N–H and O–H groups in total. The van der Waals surface area contributed by atoms with Gasteiger partial charge in [0.1, 0.15) is 0 Å². The number of benzene rings is 2. The first-order valence-corrected chi connectivity index (χ1v) is 8.06. The van der Waals surface area contributed by atoms with Gasteiger partial charge in [0.25, 0.3) is 0 Å². The first kappa shape index (κ1) is 14.2. The van der Waals surface area contributed by atoms with Crippen molar-refractivity contribution in [1.29, 1.82) is 0 Å². The average Bonchev–Trinajstić information content (AvgIpc) is 2.94. The Balaban J connectivity index is 1.72. The van der Waals surface area contributed by atoms with E-state index in [1.54, 1.807) is 11.8 Å². The number of nitrogens with two attached hydrogens (primary N) is 1. The van der Waals surface area contributed by atoms with E-state index in [1.165, 1.54) is 0 Å². The van der Waals surface area contributed by atoms with Gasteiger partial charge in [-0.15, -0.1) is 22.0 Å². The van der Waals surface area contributed by atoms with Crippen LogP contribution in [0.15, 0.2) is 62.3 Å². The van der Waals surface area contributed by atoms with Crippen LogP contribution in [0.1, 0.15) is 5.89 Å². The van der Waals surface area contributed by atoms with Crippen LogP contribution < -0.4 is 5.73 Å². The number of nitrogens with zero attached hydrogens (tertiary/aromatic N) is 2. The van der Waals surface area contributed by atoms with Gasteiger partial charge in [-0.2, -0.15) is 0 Å². The van der Waals surface area contributed by atoms with Gasteiger partial charge < -0.3 is 10.2 Å². The van der Waals surface area contributed by atoms with Crippen LogP contribution in [-0.2, 0) is 5.75 Å². The molecule has 0 aliphatic carbocycles. The van der Waals surface area contributed by atoms with E-state index in [2.05, 4.69) is 26.1 Å². The fourth-order valence-corrected chi connectivity index (χ4v) is 3.06. The molecule has 0 atom stereocenters. The lowest BCUT2D eigenvalue weighted by molar-refractivity contribution is 0.528. The summed E-state index contributed by atoms with van der Waals surface area (Å²) in [5.41, 5.74) is 7.40. The maximum Gasteiger partial charge on any atom is 0.248 e. The number of thioether (sulfide) groups is 1. The molecule has 0 amide bonds. The van der Waals surface area contributed by atoms with Crippen molar-refractivity contribution in [2.75, 3.05) is 5.73 Å². The second-order valence-electron chi connectivity index (χ2n) is 4.34. The standard InChI is InChI=1S/C15H12BrN3OS/c16-13-7-2-1-6-12(13)15-19-18-14(20-15)9-21-11-5-3-4-10(17)8-11/h1-8H,9,17H2. The molecule has 0 spiro atoms. The number of anilines is 1. The summed E-state index contributed by atoms with van der Waals surface area (Å²) < 4.78 is 6.63. The highest BCUT2D eigenvalue weighted by Gasteiger charge is 2.11. The Bertz CT molecular complexity index is 760. The number of hydrogen-bond donors (Lipinski definition) is 1. The summed E-state index contributed by atoms with van der Waals surface area (Å²) in [4.78, 5) is 1.08. The smallest absolute Gasteiger partial charge is 0.248 e. The van der Waals surface area contributed by atoms with E-state index in [-0.39, 0.29) is 0 Å². The van der Waals surface area contributed by atoms with Gasteiger partial charge in [0.05, 0.1) is 11.3 Å². The van der Waals surface area contributed by atoms with Crippen LogP contribution in [-0.4, -0.2) is 10.2 Å². The van der Waals surface area contributed by atoms with Crippen LogP contribution in [0.4, 0.5) is 5.69 Å². The van der Waals surface area contributed by atoms with Gasteiger partial charge in [-0.3, -0.25) is 0 Å². The summed E-state index contributed by atoms with van der Waals surface area (Å²) in [5.74, 6) is 1.72. The zero-order chi connectivity index (χ0) is 14.7. The molecule has 0 aliphatic rings. The summed E-state index contributed by atoms with van der Waals surface area (Å²) in [6.45, 7) is 0. The van der Waals surface area contributed by atoms with Gasteiger partial charge in [-0.05, 0) is 46.3 Å². The van der Waals surface area contributed by atoms with Crippen LogP contribution in [0, 0.1) is 0 Å². The first-order valence-electron chi connectivity index (χ1n) is 6.28. The number of nitrogen functional groups attached to an aromatic ring is 1. The molecule has 0 saturated heterocycles. The predicted octanol–water partition coefficient (Wildman–Crippen LogP) is 4.37. The molecule has 6 heteroatoms. The summed E-state index contributed by atoms with van der Waals surface area (Å²) in [6.07, 6.45) is 0. The fraction of sp³-hybridized carbons (Fsp3) is 0.0667. The van der Waals surface area contributed by atoms with E-state index in [0.717, 1.165) is 20.6 Å². The number of hydrogen-bond acceptors (Lipinski definition) is 5. The van der Waals surface area contributed by atoms with Crippen molar-refractivity contribution >= 4 is 33.4 Å². The third-order valence-corrected chi connectivity index (χ3v) is 4.46. The zero-order valence-corrected chi connectivity index (χ0v) is 13.4. The minimum atomic E-state index is 0.519. The van der Waals surface area contributed by atoms with Crippen LogP contribution in [0.3, 0.4) is 0 Å². The molecular weight excluding hydrogens is 350 g/mol. The molecule has 1 heterocycles. The maximum absolute atomic E-state index is 5.75. The van der Waals surface area contributed by atoms with Crippen LogP contribution in [0.25, 0.3) is 11.5 Å². The normalized spacial score (nSPS) is 10.7. The Morgan fingerprint density at radius 2 is 1.95 bits per heavy atom. The fourth-order valence-electron chi connectivity index (χ4n) is 1.80. The Hall–Kier alpha value is -1.79. The van der Waals surface area contributed by atoms with Crippen molar-refractivity contribution in [2.45, 2.75) is 10.6 Å². The number of aromatic nitrogens is 2. The molecule has 0 saturated carbocycles. The highest BCUT2D eigenvalue weighted by molar-refractivity contribution is 9.10. The van der Waals surface area contributed by atoms with Crippen molar-refractivity contribution in [3.05, 3.63) is 58.9 Å². The van der Waals surface area contributed by atoms with Crippen molar-refractivity contribution in [3.8, 4) is 11.5 Å². The minimum Gasteiger partial charge on any atom is -0.420 e. The molecule has 3 aromatic rings. The summed E-state index contributed by atoms with van der Waals surface area (Å²) in [6, 6.07) is 15.5. The second kappa shape index (κ2) is 6.32. The van der Waals surface area contributed by atoms with E-state index in [9.17, 15) is 0 Å². The quantitative estimate of drug-likeness (QED) is 0.551. The molecule has 4 nitrogen and oxygen atoms in total. The second-order valence-corrected chi connectivity index (χ2v) is 6.25. The monoisotopic (exact) mass is 361 g/mol. The zero-order valence-electron chi connectivity index (χ0n) is 11.0.